The minimum Gasteiger partial charge on any atom is -0.205 e. The second-order valence-electron chi connectivity index (χ2n) is 8.28. The molecule has 3 rings (SSSR count). The molecule has 0 N–H and O–H groups in total. The van der Waals surface area contributed by atoms with Crippen LogP contribution in [0.25, 0.3) is 0 Å². The number of benzene rings is 1. The minimum absolute atomic E-state index is 0.271. The van der Waals surface area contributed by atoms with Gasteiger partial charge in [-0.3, -0.25) is 0 Å². The van der Waals surface area contributed by atoms with Gasteiger partial charge in [-0.05, 0) is 99.7 Å². The van der Waals surface area contributed by atoms with E-state index in [1.54, 1.807) is 0 Å². The van der Waals surface area contributed by atoms with E-state index < -0.39 is 0 Å². The Morgan fingerprint density at radius 3 is 2.12 bits per heavy atom. The molecular weight excluding hydrogens is 331 g/mol. The number of rotatable bonds is 5. The number of halogens is 2. The van der Waals surface area contributed by atoms with Gasteiger partial charge < -0.3 is 0 Å². The summed E-state index contributed by atoms with van der Waals surface area (Å²) < 4.78 is 13.3. The molecule has 138 valence electrons. The monoisotopic (exact) mass is 362 g/mol. The van der Waals surface area contributed by atoms with Gasteiger partial charge in [-0.1, -0.05) is 42.7 Å². The number of hydrogen-bond acceptors (Lipinski definition) is 0. The summed E-state index contributed by atoms with van der Waals surface area (Å²) in [5, 5.41) is 0.271. The zero-order valence-corrected chi connectivity index (χ0v) is 16.3. The molecule has 0 spiro atoms. The van der Waals surface area contributed by atoms with Gasteiger partial charge in [-0.25, -0.2) is 4.39 Å². The molecule has 0 unspecified atom stereocenters. The van der Waals surface area contributed by atoms with E-state index in [2.05, 4.69) is 19.1 Å². The third-order valence-corrected chi connectivity index (χ3v) is 6.89. The Morgan fingerprint density at radius 2 is 1.56 bits per heavy atom. The Bertz CT molecular complexity index is 563. The van der Waals surface area contributed by atoms with Gasteiger partial charge in [0.1, 0.15) is 5.82 Å². The molecule has 0 saturated heterocycles. The van der Waals surface area contributed by atoms with Gasteiger partial charge in [0, 0.05) is 0 Å². The molecule has 25 heavy (non-hydrogen) atoms. The molecule has 2 saturated carbocycles. The van der Waals surface area contributed by atoms with Crippen molar-refractivity contribution in [3.63, 3.8) is 0 Å². The van der Waals surface area contributed by atoms with E-state index >= 15 is 0 Å². The third kappa shape index (κ3) is 5.33. The van der Waals surface area contributed by atoms with Gasteiger partial charge in [0.2, 0.25) is 0 Å². The van der Waals surface area contributed by atoms with Crippen molar-refractivity contribution >= 4 is 11.6 Å². The summed E-state index contributed by atoms with van der Waals surface area (Å²) >= 11 is 5.95. The fourth-order valence-electron chi connectivity index (χ4n) is 4.96. The van der Waals surface area contributed by atoms with Crippen LogP contribution in [-0.4, -0.2) is 0 Å². The van der Waals surface area contributed by atoms with Gasteiger partial charge in [0.05, 0.1) is 5.02 Å². The van der Waals surface area contributed by atoms with Gasteiger partial charge >= 0.3 is 0 Å². The van der Waals surface area contributed by atoms with Crippen molar-refractivity contribution in [2.75, 3.05) is 0 Å². The van der Waals surface area contributed by atoms with Crippen LogP contribution >= 0.6 is 11.6 Å². The van der Waals surface area contributed by atoms with Crippen LogP contribution in [0.1, 0.15) is 82.6 Å². The summed E-state index contributed by atoms with van der Waals surface area (Å²) in [5.41, 5.74) is 1.23. The first-order valence-electron chi connectivity index (χ1n) is 10.2. The van der Waals surface area contributed by atoms with Crippen LogP contribution in [0.2, 0.25) is 5.02 Å². The average Bonchev–Trinajstić information content (AvgIpc) is 2.64. The van der Waals surface area contributed by atoms with Gasteiger partial charge in [-0.2, -0.15) is 0 Å². The van der Waals surface area contributed by atoms with Gasteiger partial charge in [-0.15, -0.1) is 0 Å². The van der Waals surface area contributed by atoms with Crippen molar-refractivity contribution in [2.45, 2.75) is 77.0 Å². The summed E-state index contributed by atoms with van der Waals surface area (Å²) in [6, 6.07) is 5.29. The minimum atomic E-state index is -0.303. The Hall–Kier alpha value is -0.820. The molecule has 0 aromatic heterocycles. The van der Waals surface area contributed by atoms with Crippen molar-refractivity contribution in [1.29, 1.82) is 0 Å². The Morgan fingerprint density at radius 1 is 0.960 bits per heavy atom. The summed E-state index contributed by atoms with van der Waals surface area (Å²) in [5.74, 6) is 2.99. The largest absolute Gasteiger partial charge is 0.205 e. The molecule has 1 aromatic carbocycles. The lowest BCUT2D eigenvalue weighted by molar-refractivity contribution is 0.246. The fraction of sp³-hybridized carbons (Fsp3) is 0.652. The summed E-state index contributed by atoms with van der Waals surface area (Å²) in [6.45, 7) is 2.14. The molecule has 0 amide bonds. The Balaban J connectivity index is 1.39. The smallest absolute Gasteiger partial charge is 0.141 e. The highest BCUT2D eigenvalue weighted by Gasteiger charge is 2.25. The second kappa shape index (κ2) is 9.21. The highest BCUT2D eigenvalue weighted by Crippen LogP contribution is 2.40. The number of hydrogen-bond donors (Lipinski definition) is 0. The van der Waals surface area contributed by atoms with E-state index in [0.717, 1.165) is 17.8 Å². The molecule has 0 atom stereocenters. The van der Waals surface area contributed by atoms with Crippen LogP contribution in [-0.2, 0) is 0 Å². The van der Waals surface area contributed by atoms with Crippen molar-refractivity contribution < 1.29 is 4.39 Å². The molecule has 0 radical (unpaired) electrons. The molecule has 0 nitrogen and oxygen atoms in total. The molecule has 2 fully saturated rings. The molecule has 2 aliphatic carbocycles. The normalized spacial score (nSPS) is 30.7. The first-order valence-corrected chi connectivity index (χ1v) is 10.6. The topological polar surface area (TPSA) is 0 Å². The maximum absolute atomic E-state index is 13.3. The van der Waals surface area contributed by atoms with Gasteiger partial charge in [0.15, 0.2) is 0 Å². The highest BCUT2D eigenvalue weighted by atomic mass is 35.5. The molecule has 0 aliphatic heterocycles. The van der Waals surface area contributed by atoms with Crippen LogP contribution in [0.3, 0.4) is 0 Å². The second-order valence-corrected chi connectivity index (χ2v) is 8.68. The van der Waals surface area contributed by atoms with Crippen molar-refractivity contribution in [3.8, 4) is 0 Å². The average molecular weight is 363 g/mol. The zero-order valence-electron chi connectivity index (χ0n) is 15.5. The van der Waals surface area contributed by atoms with E-state index in [1.165, 1.54) is 75.8 Å². The van der Waals surface area contributed by atoms with Crippen molar-refractivity contribution in [3.05, 3.63) is 46.8 Å². The molecular formula is C23H32ClF. The first-order chi connectivity index (χ1) is 12.2. The number of allylic oxidation sites excluding steroid dienone is 2. The predicted octanol–water partition coefficient (Wildman–Crippen LogP) is 7.92. The van der Waals surface area contributed by atoms with E-state index in [4.69, 9.17) is 11.6 Å². The standard InChI is InChI=1S/C23H32ClF/c1-2-3-17-4-6-18(7-5-17)8-9-19-10-12-20(13-11-19)21-14-15-23(25)22(24)16-21/h2-3,14-20H,4-13H2,1H3/b3-2+. The molecule has 2 heteroatoms. The lowest BCUT2D eigenvalue weighted by Crippen LogP contribution is -2.17. The van der Waals surface area contributed by atoms with Crippen LogP contribution in [0, 0.1) is 23.6 Å². The highest BCUT2D eigenvalue weighted by molar-refractivity contribution is 6.30. The molecule has 1 aromatic rings. The summed E-state index contributed by atoms with van der Waals surface area (Å²) in [7, 11) is 0. The van der Waals surface area contributed by atoms with Crippen LogP contribution in [0.5, 0.6) is 0 Å². The summed E-state index contributed by atoms with van der Waals surface area (Å²) in [6.07, 6.45) is 18.2. The Kier molecular flexibility index (Phi) is 6.99. The van der Waals surface area contributed by atoms with Crippen LogP contribution < -0.4 is 0 Å². The first kappa shape index (κ1) is 19.0. The molecule has 0 heterocycles. The fourth-order valence-corrected chi connectivity index (χ4v) is 5.15. The third-order valence-electron chi connectivity index (χ3n) is 6.60. The van der Waals surface area contributed by atoms with Crippen LogP contribution in [0.15, 0.2) is 30.4 Å². The zero-order chi connectivity index (χ0) is 17.6. The maximum atomic E-state index is 13.3. The SMILES string of the molecule is C/C=C/C1CCC(CCC2CCC(c3ccc(F)c(Cl)c3)CC2)CC1. The maximum Gasteiger partial charge on any atom is 0.141 e. The Labute approximate surface area is 157 Å². The lowest BCUT2D eigenvalue weighted by Gasteiger charge is -2.31. The van der Waals surface area contributed by atoms with E-state index in [1.807, 2.05) is 12.1 Å². The summed E-state index contributed by atoms with van der Waals surface area (Å²) in [4.78, 5) is 0. The quantitative estimate of drug-likeness (QED) is 0.466. The molecule has 0 bridgehead atoms. The van der Waals surface area contributed by atoms with Crippen molar-refractivity contribution in [1.82, 2.24) is 0 Å². The lowest BCUT2D eigenvalue weighted by atomic mass is 9.74. The van der Waals surface area contributed by atoms with E-state index in [0.29, 0.717) is 5.92 Å². The van der Waals surface area contributed by atoms with Crippen LogP contribution in [0.4, 0.5) is 4.39 Å². The van der Waals surface area contributed by atoms with Gasteiger partial charge in [0.25, 0.3) is 0 Å². The predicted molar refractivity (Wildman–Crippen MR) is 106 cm³/mol. The van der Waals surface area contributed by atoms with Crippen molar-refractivity contribution in [2.24, 2.45) is 17.8 Å². The molecule has 2 aliphatic rings. The van der Waals surface area contributed by atoms with E-state index in [9.17, 15) is 4.39 Å². The van der Waals surface area contributed by atoms with E-state index in [-0.39, 0.29) is 10.8 Å².